The van der Waals surface area contributed by atoms with Crippen molar-refractivity contribution >= 4 is 27.4 Å². The molecular weight excluding hydrogens is 440 g/mol. The number of pyridine rings is 2. The van der Waals surface area contributed by atoms with E-state index in [4.69, 9.17) is 9.97 Å². The number of piperazine rings is 1. The summed E-state index contributed by atoms with van der Waals surface area (Å²) < 4.78 is 0. The minimum atomic E-state index is 0.683. The van der Waals surface area contributed by atoms with Crippen LogP contribution in [0.4, 0.5) is 5.82 Å². The highest BCUT2D eigenvalue weighted by molar-refractivity contribution is 7.17. The smallest absolute Gasteiger partial charge is 0.181 e. The van der Waals surface area contributed by atoms with E-state index < -0.39 is 0 Å². The molecule has 0 spiro atoms. The number of rotatable bonds is 5. The molecule has 0 unspecified atom stereocenters. The van der Waals surface area contributed by atoms with E-state index >= 15 is 0 Å². The zero-order chi connectivity index (χ0) is 22.7. The maximum Gasteiger partial charge on any atom is 0.181 e. The van der Waals surface area contributed by atoms with Gasteiger partial charge in [-0.1, -0.05) is 42.5 Å². The number of fused-ring (bicyclic) bond motifs is 1. The molecule has 0 aliphatic carbocycles. The lowest BCUT2D eigenvalue weighted by molar-refractivity contribution is 0.249. The van der Waals surface area contributed by atoms with Gasteiger partial charge in [-0.05, 0) is 29.3 Å². The molecule has 1 fully saturated rings. The van der Waals surface area contributed by atoms with Gasteiger partial charge in [0.25, 0.3) is 0 Å². The van der Waals surface area contributed by atoms with Gasteiger partial charge in [0.15, 0.2) is 5.82 Å². The minimum Gasteiger partial charge on any atom is -0.353 e. The van der Waals surface area contributed by atoms with Crippen molar-refractivity contribution in [1.82, 2.24) is 24.8 Å². The van der Waals surface area contributed by atoms with Crippen molar-refractivity contribution in [3.8, 4) is 22.6 Å². The molecule has 6 rings (SSSR count). The number of hydrogen-bond acceptors (Lipinski definition) is 7. The van der Waals surface area contributed by atoms with Gasteiger partial charge in [-0.3, -0.25) is 14.9 Å². The van der Waals surface area contributed by atoms with E-state index in [-0.39, 0.29) is 0 Å². The highest BCUT2D eigenvalue weighted by Crippen LogP contribution is 2.39. The second-order valence-electron chi connectivity index (χ2n) is 8.41. The maximum absolute atomic E-state index is 5.09. The fourth-order valence-electron chi connectivity index (χ4n) is 4.46. The summed E-state index contributed by atoms with van der Waals surface area (Å²) in [7, 11) is 0. The third-order valence-corrected chi connectivity index (χ3v) is 7.07. The molecule has 0 N–H and O–H groups in total. The van der Waals surface area contributed by atoms with Crippen LogP contribution in [-0.2, 0) is 6.54 Å². The van der Waals surface area contributed by atoms with Crippen LogP contribution in [-0.4, -0.2) is 51.0 Å². The topological polar surface area (TPSA) is 58.0 Å². The predicted octanol–water partition coefficient (Wildman–Crippen LogP) is 5.14. The molecule has 168 valence electrons. The molecule has 7 heteroatoms. The van der Waals surface area contributed by atoms with Crippen LogP contribution >= 0.6 is 11.3 Å². The van der Waals surface area contributed by atoms with Crippen LogP contribution in [0.3, 0.4) is 0 Å². The fourth-order valence-corrected chi connectivity index (χ4v) is 5.40. The van der Waals surface area contributed by atoms with Crippen molar-refractivity contribution in [2.75, 3.05) is 31.1 Å². The van der Waals surface area contributed by atoms with Gasteiger partial charge in [-0.15, -0.1) is 11.3 Å². The van der Waals surface area contributed by atoms with Gasteiger partial charge in [0.1, 0.15) is 16.3 Å². The van der Waals surface area contributed by atoms with Crippen LogP contribution in [0.1, 0.15) is 5.56 Å². The molecule has 0 radical (unpaired) electrons. The summed E-state index contributed by atoms with van der Waals surface area (Å²) in [6.07, 6.45) is 5.58. The SMILES string of the molecule is c1ccc(-c2csc3nc(-c4ccccn4)nc(N4CCN(Cc5cccnc5)CC4)c23)cc1. The lowest BCUT2D eigenvalue weighted by atomic mass is 10.1. The van der Waals surface area contributed by atoms with Crippen molar-refractivity contribution in [2.24, 2.45) is 0 Å². The van der Waals surface area contributed by atoms with Crippen molar-refractivity contribution in [3.63, 3.8) is 0 Å². The molecule has 0 atom stereocenters. The number of thiophene rings is 1. The minimum absolute atomic E-state index is 0.683. The van der Waals surface area contributed by atoms with Gasteiger partial charge < -0.3 is 4.90 Å². The monoisotopic (exact) mass is 464 g/mol. The molecule has 0 bridgehead atoms. The Morgan fingerprint density at radius 3 is 2.44 bits per heavy atom. The average molecular weight is 465 g/mol. The number of aromatic nitrogens is 4. The molecule has 5 heterocycles. The molecule has 4 aromatic heterocycles. The molecule has 0 saturated carbocycles. The molecule has 1 saturated heterocycles. The van der Waals surface area contributed by atoms with E-state index in [0.29, 0.717) is 5.82 Å². The van der Waals surface area contributed by atoms with E-state index in [1.54, 1.807) is 17.5 Å². The lowest BCUT2D eigenvalue weighted by Crippen LogP contribution is -2.46. The van der Waals surface area contributed by atoms with E-state index in [9.17, 15) is 0 Å². The first kappa shape index (κ1) is 20.9. The van der Waals surface area contributed by atoms with Gasteiger partial charge in [0.2, 0.25) is 0 Å². The van der Waals surface area contributed by atoms with Gasteiger partial charge in [0.05, 0.1) is 5.39 Å². The first-order chi connectivity index (χ1) is 16.8. The zero-order valence-electron chi connectivity index (χ0n) is 18.7. The Morgan fingerprint density at radius 1 is 0.824 bits per heavy atom. The van der Waals surface area contributed by atoms with Crippen LogP contribution in [0, 0.1) is 0 Å². The van der Waals surface area contributed by atoms with E-state index in [2.05, 4.69) is 61.5 Å². The van der Waals surface area contributed by atoms with Crippen LogP contribution in [0.25, 0.3) is 32.9 Å². The van der Waals surface area contributed by atoms with Crippen molar-refractivity contribution in [1.29, 1.82) is 0 Å². The predicted molar refractivity (Wildman–Crippen MR) is 138 cm³/mol. The fraction of sp³-hybridized carbons (Fsp3) is 0.185. The van der Waals surface area contributed by atoms with E-state index in [1.807, 2.05) is 36.7 Å². The summed E-state index contributed by atoms with van der Waals surface area (Å²) in [5.74, 6) is 1.69. The van der Waals surface area contributed by atoms with Crippen LogP contribution in [0.5, 0.6) is 0 Å². The Morgan fingerprint density at radius 2 is 1.68 bits per heavy atom. The Bertz CT molecular complexity index is 1380. The molecule has 1 aliphatic heterocycles. The third kappa shape index (κ3) is 4.16. The number of anilines is 1. The zero-order valence-corrected chi connectivity index (χ0v) is 19.5. The maximum atomic E-state index is 5.09. The van der Waals surface area contributed by atoms with Crippen LogP contribution < -0.4 is 4.90 Å². The Kier molecular flexibility index (Phi) is 5.71. The molecule has 34 heavy (non-hydrogen) atoms. The Hall–Kier alpha value is -3.68. The normalized spacial score (nSPS) is 14.5. The largest absolute Gasteiger partial charge is 0.353 e. The first-order valence-electron chi connectivity index (χ1n) is 11.5. The lowest BCUT2D eigenvalue weighted by Gasteiger charge is -2.35. The number of nitrogens with zero attached hydrogens (tertiary/aromatic N) is 6. The van der Waals surface area contributed by atoms with E-state index in [0.717, 1.165) is 54.5 Å². The molecule has 0 amide bonds. The Balaban J connectivity index is 1.37. The molecule has 1 aliphatic rings. The first-order valence-corrected chi connectivity index (χ1v) is 12.4. The third-order valence-electron chi connectivity index (χ3n) is 6.19. The summed E-state index contributed by atoms with van der Waals surface area (Å²) in [5, 5.41) is 3.34. The van der Waals surface area contributed by atoms with Crippen molar-refractivity contribution in [3.05, 3.63) is 90.2 Å². The molecule has 5 aromatic rings. The number of benzene rings is 1. The average Bonchev–Trinajstić information content (AvgIpc) is 3.35. The molecule has 1 aromatic carbocycles. The highest BCUT2D eigenvalue weighted by Gasteiger charge is 2.24. The van der Waals surface area contributed by atoms with Gasteiger partial charge in [0, 0.05) is 62.3 Å². The van der Waals surface area contributed by atoms with Crippen molar-refractivity contribution < 1.29 is 0 Å². The summed E-state index contributed by atoms with van der Waals surface area (Å²) in [4.78, 5) is 24.7. The molecule has 6 nitrogen and oxygen atoms in total. The summed E-state index contributed by atoms with van der Waals surface area (Å²) in [5.41, 5.74) is 4.44. The standard InChI is InChI=1S/C27H24N6S/c1-2-8-21(9-3-1)22-19-34-27-24(22)26(30-25(31-27)23-10-4-5-12-29-23)33-15-13-32(14-16-33)18-20-7-6-11-28-17-20/h1-12,17,19H,13-16,18H2. The van der Waals surface area contributed by atoms with Gasteiger partial charge >= 0.3 is 0 Å². The van der Waals surface area contributed by atoms with Crippen LogP contribution in [0.15, 0.2) is 84.6 Å². The molecular formula is C27H24N6S. The summed E-state index contributed by atoms with van der Waals surface area (Å²) in [6.45, 7) is 4.71. The highest BCUT2D eigenvalue weighted by atomic mass is 32.1. The number of hydrogen-bond donors (Lipinski definition) is 0. The van der Waals surface area contributed by atoms with Gasteiger partial charge in [-0.25, -0.2) is 9.97 Å². The van der Waals surface area contributed by atoms with Crippen LogP contribution in [0.2, 0.25) is 0 Å². The quantitative estimate of drug-likeness (QED) is 0.359. The Labute approximate surface area is 202 Å². The second-order valence-corrected chi connectivity index (χ2v) is 9.26. The van der Waals surface area contributed by atoms with E-state index in [1.165, 1.54) is 16.7 Å². The van der Waals surface area contributed by atoms with Gasteiger partial charge in [-0.2, -0.15) is 0 Å². The summed E-state index contributed by atoms with van der Waals surface area (Å²) >= 11 is 1.68. The van der Waals surface area contributed by atoms with Crippen molar-refractivity contribution in [2.45, 2.75) is 6.54 Å². The second kappa shape index (κ2) is 9.29. The summed E-state index contributed by atoms with van der Waals surface area (Å²) in [6, 6.07) is 20.6.